The van der Waals surface area contributed by atoms with E-state index in [9.17, 15) is 0 Å². The molecule has 0 amide bonds. The third-order valence-electron chi connectivity index (χ3n) is 1.90. The molecule has 0 aromatic heterocycles. The maximum absolute atomic E-state index is 4.20. The van der Waals surface area contributed by atoms with E-state index >= 15 is 0 Å². The molecule has 0 saturated heterocycles. The Morgan fingerprint density at radius 1 is 1.31 bits per heavy atom. The van der Waals surface area contributed by atoms with E-state index in [1.165, 1.54) is 0 Å². The molecule has 0 unspecified atom stereocenters. The van der Waals surface area contributed by atoms with Gasteiger partial charge in [-0.1, -0.05) is 18.2 Å². The van der Waals surface area contributed by atoms with Crippen molar-refractivity contribution in [2.24, 2.45) is 5.10 Å². The molecule has 0 saturated carbocycles. The van der Waals surface area contributed by atoms with Crippen molar-refractivity contribution in [3.8, 4) is 0 Å². The van der Waals surface area contributed by atoms with Crippen LogP contribution in [0.1, 0.15) is 0 Å². The molecule has 0 aliphatic carbocycles. The van der Waals surface area contributed by atoms with Gasteiger partial charge in [-0.3, -0.25) is 0 Å². The standard InChI is InChI=1S/C9H12N4/c1-12(2)13-7-8-5-3-4-6-9(8)10-11-13/h3-7,11H,1-2H3. The molecule has 68 valence electrons. The van der Waals surface area contributed by atoms with Crippen LogP contribution in [0.2, 0.25) is 0 Å². The lowest BCUT2D eigenvalue weighted by Gasteiger charge is -2.27. The Kier molecular flexibility index (Phi) is 1.90. The van der Waals surface area contributed by atoms with E-state index in [1.807, 2.05) is 54.7 Å². The topological polar surface area (TPSA) is 30.9 Å². The van der Waals surface area contributed by atoms with Crippen LogP contribution in [0.25, 0.3) is 6.20 Å². The molecule has 1 aromatic carbocycles. The van der Waals surface area contributed by atoms with Crippen molar-refractivity contribution >= 4 is 6.20 Å². The number of hydrazine groups is 2. The minimum absolute atomic E-state index is 0.973. The average Bonchev–Trinajstić information content (AvgIpc) is 2.17. The molecular weight excluding hydrogens is 164 g/mol. The summed E-state index contributed by atoms with van der Waals surface area (Å²) < 4.78 is 0. The summed E-state index contributed by atoms with van der Waals surface area (Å²) in [4.78, 5) is 0. The van der Waals surface area contributed by atoms with Gasteiger partial charge < -0.3 is 0 Å². The fourth-order valence-electron chi connectivity index (χ4n) is 1.17. The number of hydrogen-bond donors (Lipinski definition) is 1. The highest BCUT2D eigenvalue weighted by atomic mass is 15.8. The lowest BCUT2D eigenvalue weighted by molar-refractivity contribution is 0.0443. The smallest absolute Gasteiger partial charge is 0.0938 e. The molecule has 0 spiro atoms. The molecule has 2 rings (SSSR count). The van der Waals surface area contributed by atoms with Crippen LogP contribution in [0.4, 0.5) is 0 Å². The van der Waals surface area contributed by atoms with E-state index in [0.29, 0.717) is 0 Å². The third-order valence-corrected chi connectivity index (χ3v) is 1.90. The zero-order valence-corrected chi connectivity index (χ0v) is 7.73. The van der Waals surface area contributed by atoms with Crippen LogP contribution >= 0.6 is 0 Å². The predicted octanol–water partition coefficient (Wildman–Crippen LogP) is -0.744. The van der Waals surface area contributed by atoms with Crippen LogP contribution in [0.5, 0.6) is 0 Å². The predicted molar refractivity (Wildman–Crippen MR) is 50.3 cm³/mol. The summed E-state index contributed by atoms with van der Waals surface area (Å²) in [7, 11) is 3.90. The first-order valence-corrected chi connectivity index (χ1v) is 4.14. The number of benzene rings is 1. The highest BCUT2D eigenvalue weighted by molar-refractivity contribution is 5.21. The van der Waals surface area contributed by atoms with Gasteiger partial charge in [0.2, 0.25) is 0 Å². The molecular formula is C9H12N4. The first-order chi connectivity index (χ1) is 6.27. The van der Waals surface area contributed by atoms with E-state index in [2.05, 4.69) is 10.6 Å². The fourth-order valence-corrected chi connectivity index (χ4v) is 1.17. The van der Waals surface area contributed by atoms with Crippen molar-refractivity contribution in [2.45, 2.75) is 0 Å². The monoisotopic (exact) mass is 176 g/mol. The van der Waals surface area contributed by atoms with E-state index in [4.69, 9.17) is 0 Å². The quantitative estimate of drug-likeness (QED) is 0.611. The van der Waals surface area contributed by atoms with Crippen molar-refractivity contribution < 1.29 is 0 Å². The second-order valence-electron chi connectivity index (χ2n) is 3.09. The minimum atomic E-state index is 0.973. The summed E-state index contributed by atoms with van der Waals surface area (Å²) in [5, 5.41) is 10.0. The normalized spacial score (nSPS) is 14.2. The van der Waals surface area contributed by atoms with E-state index in [1.54, 1.807) is 0 Å². The summed E-state index contributed by atoms with van der Waals surface area (Å²) in [5.41, 5.74) is 2.90. The van der Waals surface area contributed by atoms with Gasteiger partial charge in [-0.2, -0.15) is 5.10 Å². The van der Waals surface area contributed by atoms with Crippen molar-refractivity contribution in [3.63, 3.8) is 0 Å². The lowest BCUT2D eigenvalue weighted by Crippen LogP contribution is -2.48. The molecule has 0 atom stereocenters. The van der Waals surface area contributed by atoms with Crippen LogP contribution in [0.15, 0.2) is 29.4 Å². The van der Waals surface area contributed by atoms with Crippen LogP contribution in [0, 0.1) is 0 Å². The van der Waals surface area contributed by atoms with Gasteiger partial charge in [-0.05, 0) is 6.07 Å². The van der Waals surface area contributed by atoms with E-state index < -0.39 is 0 Å². The van der Waals surface area contributed by atoms with Crippen LogP contribution < -0.4 is 16.1 Å². The molecule has 1 aliphatic rings. The molecule has 0 radical (unpaired) electrons. The zero-order valence-electron chi connectivity index (χ0n) is 7.73. The first-order valence-electron chi connectivity index (χ1n) is 4.14. The number of fused-ring (bicyclic) bond motifs is 1. The van der Waals surface area contributed by atoms with Crippen molar-refractivity contribution in [1.82, 2.24) is 15.7 Å². The van der Waals surface area contributed by atoms with Gasteiger partial charge in [0.15, 0.2) is 0 Å². The molecule has 4 heteroatoms. The van der Waals surface area contributed by atoms with Crippen molar-refractivity contribution in [1.29, 1.82) is 0 Å². The molecule has 1 N–H and O–H groups in total. The Labute approximate surface area is 76.7 Å². The SMILES string of the molecule is CN(C)N1C=c2ccccc2=NN1. The van der Waals surface area contributed by atoms with Gasteiger partial charge in [-0.15, -0.1) is 0 Å². The van der Waals surface area contributed by atoms with Crippen molar-refractivity contribution in [3.05, 3.63) is 34.8 Å². The molecule has 1 aliphatic heterocycles. The fraction of sp³-hybridized carbons (Fsp3) is 0.222. The van der Waals surface area contributed by atoms with Gasteiger partial charge in [0, 0.05) is 19.3 Å². The first kappa shape index (κ1) is 8.07. The highest BCUT2D eigenvalue weighted by Crippen LogP contribution is 1.88. The molecule has 1 aromatic rings. The van der Waals surface area contributed by atoms with Crippen LogP contribution in [-0.2, 0) is 0 Å². The number of hydrogen-bond acceptors (Lipinski definition) is 4. The van der Waals surface area contributed by atoms with Crippen LogP contribution in [0.3, 0.4) is 0 Å². The number of rotatable bonds is 1. The Hall–Kier alpha value is -1.55. The summed E-state index contributed by atoms with van der Waals surface area (Å²) in [6.45, 7) is 0. The Bertz CT molecular complexity index is 410. The zero-order chi connectivity index (χ0) is 9.26. The second-order valence-corrected chi connectivity index (χ2v) is 3.09. The molecule has 1 heterocycles. The van der Waals surface area contributed by atoms with Gasteiger partial charge in [0.05, 0.1) is 11.6 Å². The minimum Gasteiger partial charge on any atom is -0.208 e. The lowest BCUT2D eigenvalue weighted by atomic mass is 10.3. The van der Waals surface area contributed by atoms with Crippen molar-refractivity contribution in [2.75, 3.05) is 14.1 Å². The van der Waals surface area contributed by atoms with Gasteiger partial charge in [-0.25, -0.2) is 15.7 Å². The molecule has 0 bridgehead atoms. The Balaban J connectivity index is 2.49. The van der Waals surface area contributed by atoms with E-state index in [0.717, 1.165) is 10.6 Å². The summed E-state index contributed by atoms with van der Waals surface area (Å²) in [5.74, 6) is 0. The summed E-state index contributed by atoms with van der Waals surface area (Å²) in [6, 6.07) is 8.00. The highest BCUT2D eigenvalue weighted by Gasteiger charge is 2.03. The number of para-hydroxylation sites is 1. The molecule has 4 nitrogen and oxygen atoms in total. The summed E-state index contributed by atoms with van der Waals surface area (Å²) in [6.07, 6.45) is 2.00. The summed E-state index contributed by atoms with van der Waals surface area (Å²) >= 11 is 0. The molecule has 0 fully saturated rings. The van der Waals surface area contributed by atoms with E-state index in [-0.39, 0.29) is 0 Å². The average molecular weight is 176 g/mol. The largest absolute Gasteiger partial charge is 0.208 e. The Morgan fingerprint density at radius 2 is 2.08 bits per heavy atom. The van der Waals surface area contributed by atoms with Gasteiger partial charge in [0.1, 0.15) is 0 Å². The Morgan fingerprint density at radius 3 is 2.85 bits per heavy atom. The third kappa shape index (κ3) is 1.48. The van der Waals surface area contributed by atoms with Crippen LogP contribution in [-0.4, -0.2) is 24.2 Å². The second kappa shape index (κ2) is 3.06. The maximum Gasteiger partial charge on any atom is 0.0938 e. The van der Waals surface area contributed by atoms with Gasteiger partial charge in [0.25, 0.3) is 0 Å². The van der Waals surface area contributed by atoms with Gasteiger partial charge >= 0.3 is 0 Å². The number of nitrogens with one attached hydrogen (secondary N) is 1. The maximum atomic E-state index is 4.20. The molecule has 13 heavy (non-hydrogen) atoms. The number of nitrogens with zero attached hydrogens (tertiary/aromatic N) is 3.